The minimum atomic E-state index is 0.0173. The van der Waals surface area contributed by atoms with Gasteiger partial charge in [0.2, 0.25) is 0 Å². The quantitative estimate of drug-likeness (QED) is 0.720. The lowest BCUT2D eigenvalue weighted by atomic mass is 9.72. The van der Waals surface area contributed by atoms with Gasteiger partial charge in [0, 0.05) is 63.1 Å². The van der Waals surface area contributed by atoms with Crippen LogP contribution in [0.3, 0.4) is 0 Å². The Bertz CT molecular complexity index is 1070. The molecule has 5 rings (SSSR count). The van der Waals surface area contributed by atoms with Crippen LogP contribution in [0.4, 0.5) is 0 Å². The molecule has 1 aromatic carbocycles. The van der Waals surface area contributed by atoms with E-state index in [4.69, 9.17) is 0 Å². The second-order valence-electron chi connectivity index (χ2n) is 9.04. The minimum Gasteiger partial charge on any atom is -0.299 e. The molecule has 1 spiro atoms. The molecule has 0 amide bonds. The van der Waals surface area contributed by atoms with Crippen molar-refractivity contribution in [1.82, 2.24) is 29.4 Å². The molecule has 2 aliphatic rings. The normalized spacial score (nSPS) is 19.3. The van der Waals surface area contributed by atoms with Crippen LogP contribution in [0, 0.1) is 0 Å². The first kappa shape index (κ1) is 19.3. The van der Waals surface area contributed by atoms with Gasteiger partial charge < -0.3 is 0 Å². The summed E-state index contributed by atoms with van der Waals surface area (Å²) in [5.74, 6) is 0. The molecule has 0 bridgehead atoms. The zero-order chi connectivity index (χ0) is 20.7. The Morgan fingerprint density at radius 3 is 2.47 bits per heavy atom. The Hall–Kier alpha value is -2.64. The number of aromatic nitrogens is 4. The number of likely N-dealkylation sites (tertiary alicyclic amines) is 1. The Morgan fingerprint density at radius 1 is 1.03 bits per heavy atom. The monoisotopic (exact) mass is 406 g/mol. The molecule has 4 heterocycles. The number of aryl methyl sites for hydroxylation is 2. The zero-order valence-electron chi connectivity index (χ0n) is 17.8. The third kappa shape index (κ3) is 3.52. The summed E-state index contributed by atoms with van der Waals surface area (Å²) in [5.41, 5.74) is 4.82. The lowest BCUT2D eigenvalue weighted by Gasteiger charge is -2.47. The molecule has 1 fully saturated rings. The van der Waals surface area contributed by atoms with E-state index in [9.17, 15) is 4.79 Å². The summed E-state index contributed by atoms with van der Waals surface area (Å²) in [6, 6.07) is 10.7. The Kier molecular flexibility index (Phi) is 4.87. The van der Waals surface area contributed by atoms with Gasteiger partial charge in [0.05, 0.1) is 11.8 Å². The molecule has 30 heavy (non-hydrogen) atoms. The highest BCUT2D eigenvalue weighted by molar-refractivity contribution is 5.31. The first-order chi connectivity index (χ1) is 14.5. The van der Waals surface area contributed by atoms with Crippen molar-refractivity contribution in [3.63, 3.8) is 0 Å². The lowest BCUT2D eigenvalue weighted by molar-refractivity contribution is 0.0881. The molecule has 158 valence electrons. The number of H-pyrrole nitrogens is 1. The van der Waals surface area contributed by atoms with Gasteiger partial charge in [-0.2, -0.15) is 5.10 Å². The predicted molar refractivity (Wildman–Crippen MR) is 116 cm³/mol. The van der Waals surface area contributed by atoms with Crippen LogP contribution in [0.15, 0.2) is 47.5 Å². The maximum Gasteiger partial charge on any atom is 0.271 e. The second kappa shape index (κ2) is 7.56. The van der Waals surface area contributed by atoms with Gasteiger partial charge in [-0.05, 0) is 31.5 Å². The molecule has 3 aromatic rings. The van der Waals surface area contributed by atoms with Crippen molar-refractivity contribution in [2.45, 2.75) is 37.9 Å². The number of hydrogen-bond donors (Lipinski definition) is 1. The SMILES string of the molecule is Cn1cc(CN2Cc3c([nH]n(C)c3=O)C3(CCN(Cc4ccccc4)CC3)C2)cn1. The van der Waals surface area contributed by atoms with Crippen LogP contribution in [-0.4, -0.2) is 49.0 Å². The summed E-state index contributed by atoms with van der Waals surface area (Å²) in [5, 5.41) is 7.73. The summed E-state index contributed by atoms with van der Waals surface area (Å²) >= 11 is 0. The van der Waals surface area contributed by atoms with E-state index in [1.54, 1.807) is 4.68 Å². The van der Waals surface area contributed by atoms with Gasteiger partial charge in [-0.25, -0.2) is 0 Å². The third-order valence-corrected chi connectivity index (χ3v) is 6.81. The van der Waals surface area contributed by atoms with Crippen LogP contribution in [0.1, 0.15) is 35.2 Å². The highest BCUT2D eigenvalue weighted by atomic mass is 16.1. The first-order valence-electron chi connectivity index (χ1n) is 10.8. The summed E-state index contributed by atoms with van der Waals surface area (Å²) in [6.07, 6.45) is 6.13. The van der Waals surface area contributed by atoms with E-state index in [0.29, 0.717) is 6.54 Å². The number of fused-ring (bicyclic) bond motifs is 2. The number of nitrogens with zero attached hydrogens (tertiary/aromatic N) is 5. The molecule has 0 aliphatic carbocycles. The van der Waals surface area contributed by atoms with Gasteiger partial charge in [0.15, 0.2) is 0 Å². The fourth-order valence-electron chi connectivity index (χ4n) is 5.28. The highest BCUT2D eigenvalue weighted by Gasteiger charge is 2.44. The van der Waals surface area contributed by atoms with Crippen LogP contribution in [-0.2, 0) is 39.1 Å². The molecule has 0 atom stereocenters. The molecule has 0 saturated carbocycles. The Labute approximate surface area is 176 Å². The summed E-state index contributed by atoms with van der Waals surface area (Å²) in [4.78, 5) is 17.8. The third-order valence-electron chi connectivity index (χ3n) is 6.81. The average molecular weight is 407 g/mol. The van der Waals surface area contributed by atoms with Crippen molar-refractivity contribution < 1.29 is 0 Å². The fraction of sp³-hybridized carbons (Fsp3) is 0.478. The molecule has 0 radical (unpaired) electrons. The van der Waals surface area contributed by atoms with Crippen molar-refractivity contribution in [2.75, 3.05) is 19.6 Å². The highest BCUT2D eigenvalue weighted by Crippen LogP contribution is 2.40. The molecule has 2 aliphatic heterocycles. The van der Waals surface area contributed by atoms with Crippen LogP contribution in [0.5, 0.6) is 0 Å². The van der Waals surface area contributed by atoms with E-state index in [1.165, 1.54) is 16.8 Å². The number of nitrogens with one attached hydrogen (secondary N) is 1. The van der Waals surface area contributed by atoms with Gasteiger partial charge in [-0.1, -0.05) is 30.3 Å². The number of hydrogen-bond acceptors (Lipinski definition) is 4. The number of piperidine rings is 1. The Morgan fingerprint density at radius 2 is 1.77 bits per heavy atom. The minimum absolute atomic E-state index is 0.0173. The van der Waals surface area contributed by atoms with Gasteiger partial charge in [-0.3, -0.25) is 29.1 Å². The van der Waals surface area contributed by atoms with E-state index in [0.717, 1.165) is 51.1 Å². The molecule has 7 heteroatoms. The van der Waals surface area contributed by atoms with E-state index >= 15 is 0 Å². The second-order valence-corrected chi connectivity index (χ2v) is 9.04. The van der Waals surface area contributed by atoms with E-state index < -0.39 is 0 Å². The first-order valence-corrected chi connectivity index (χ1v) is 10.8. The standard InChI is InChI=1S/C23H30N6O/c1-26-13-19(12-24-26)15-29-16-20-21(25-27(2)22(20)30)23(17-29)8-10-28(11-9-23)14-18-6-4-3-5-7-18/h3-7,12-13,25H,8-11,14-17H2,1-2H3. The molecule has 1 saturated heterocycles. The fourth-order valence-corrected chi connectivity index (χ4v) is 5.28. The number of rotatable bonds is 4. The Balaban J connectivity index is 1.38. The molecular weight excluding hydrogens is 376 g/mol. The molecule has 7 nitrogen and oxygen atoms in total. The van der Waals surface area contributed by atoms with E-state index in [1.807, 2.05) is 25.0 Å². The van der Waals surface area contributed by atoms with Crippen molar-refractivity contribution >= 4 is 0 Å². The summed E-state index contributed by atoms with van der Waals surface area (Å²) in [6.45, 7) is 5.60. The van der Waals surface area contributed by atoms with Crippen LogP contribution < -0.4 is 5.56 Å². The maximum absolute atomic E-state index is 12.8. The van der Waals surface area contributed by atoms with Gasteiger partial charge >= 0.3 is 0 Å². The van der Waals surface area contributed by atoms with Gasteiger partial charge in [0.1, 0.15) is 0 Å². The smallest absolute Gasteiger partial charge is 0.271 e. The number of aromatic amines is 1. The van der Waals surface area contributed by atoms with E-state index in [-0.39, 0.29) is 11.0 Å². The predicted octanol–water partition coefficient (Wildman–Crippen LogP) is 2.00. The van der Waals surface area contributed by atoms with Crippen molar-refractivity contribution in [1.29, 1.82) is 0 Å². The largest absolute Gasteiger partial charge is 0.299 e. The average Bonchev–Trinajstić information content (AvgIpc) is 3.28. The molecular formula is C23H30N6O. The van der Waals surface area contributed by atoms with Gasteiger partial charge in [-0.15, -0.1) is 0 Å². The number of benzene rings is 1. The summed E-state index contributed by atoms with van der Waals surface area (Å²) < 4.78 is 3.51. The van der Waals surface area contributed by atoms with Crippen molar-refractivity contribution in [2.24, 2.45) is 14.1 Å². The van der Waals surface area contributed by atoms with Crippen LogP contribution in [0.2, 0.25) is 0 Å². The molecule has 1 N–H and O–H groups in total. The van der Waals surface area contributed by atoms with Crippen molar-refractivity contribution in [3.8, 4) is 0 Å². The van der Waals surface area contributed by atoms with Crippen LogP contribution in [0.25, 0.3) is 0 Å². The molecule has 0 unspecified atom stereocenters. The zero-order valence-corrected chi connectivity index (χ0v) is 17.8. The van der Waals surface area contributed by atoms with E-state index in [2.05, 4.69) is 56.5 Å². The molecule has 2 aromatic heterocycles. The lowest BCUT2D eigenvalue weighted by Crippen LogP contribution is -2.52. The van der Waals surface area contributed by atoms with Crippen LogP contribution >= 0.6 is 0 Å². The van der Waals surface area contributed by atoms with Gasteiger partial charge in [0.25, 0.3) is 5.56 Å². The topological polar surface area (TPSA) is 62.1 Å². The summed E-state index contributed by atoms with van der Waals surface area (Å²) in [7, 11) is 3.79. The van der Waals surface area contributed by atoms with Crippen molar-refractivity contribution in [3.05, 3.63) is 75.5 Å². The maximum atomic E-state index is 12.8.